The SMILES string of the molecule is CCOC(=O)c1[nH]c2ccc(F)cc2c1NC(=O)CN1C[C@H](C)C[C@@H](C)C1. The molecule has 1 aromatic carbocycles. The number of esters is 1. The minimum absolute atomic E-state index is 0.131. The number of rotatable bonds is 5. The van der Waals surface area contributed by atoms with E-state index in [1.165, 1.54) is 18.2 Å². The number of nitrogens with one attached hydrogen (secondary N) is 2. The maximum atomic E-state index is 13.7. The number of aromatic amines is 1. The highest BCUT2D eigenvalue weighted by atomic mass is 19.1. The van der Waals surface area contributed by atoms with Gasteiger partial charge in [-0.05, 0) is 43.4 Å². The average molecular weight is 375 g/mol. The Bertz CT molecular complexity index is 838. The number of carbonyl (C=O) groups is 2. The number of nitrogens with zero attached hydrogens (tertiary/aromatic N) is 1. The minimum Gasteiger partial charge on any atom is -0.461 e. The second-order valence-electron chi connectivity index (χ2n) is 7.47. The van der Waals surface area contributed by atoms with Crippen LogP contribution in [-0.4, -0.2) is 48.0 Å². The normalized spacial score (nSPS) is 20.6. The van der Waals surface area contributed by atoms with E-state index < -0.39 is 11.8 Å². The van der Waals surface area contributed by atoms with E-state index in [0.29, 0.717) is 22.7 Å². The summed E-state index contributed by atoms with van der Waals surface area (Å²) in [6, 6.07) is 4.14. The highest BCUT2D eigenvalue weighted by Gasteiger charge is 2.25. The van der Waals surface area contributed by atoms with E-state index in [1.54, 1.807) is 6.92 Å². The fourth-order valence-corrected chi connectivity index (χ4v) is 3.95. The Morgan fingerprint density at radius 3 is 2.67 bits per heavy atom. The van der Waals surface area contributed by atoms with Gasteiger partial charge in [0, 0.05) is 24.0 Å². The van der Waals surface area contributed by atoms with Crippen LogP contribution in [0.1, 0.15) is 37.7 Å². The maximum Gasteiger partial charge on any atom is 0.356 e. The molecule has 2 N–H and O–H groups in total. The molecule has 7 heteroatoms. The highest BCUT2D eigenvalue weighted by Crippen LogP contribution is 2.29. The zero-order chi connectivity index (χ0) is 19.6. The molecule has 1 saturated heterocycles. The number of amides is 1. The smallest absolute Gasteiger partial charge is 0.356 e. The third kappa shape index (κ3) is 4.47. The molecule has 2 atom stereocenters. The molecular weight excluding hydrogens is 349 g/mol. The Balaban J connectivity index is 1.83. The predicted molar refractivity (Wildman–Crippen MR) is 102 cm³/mol. The summed E-state index contributed by atoms with van der Waals surface area (Å²) in [5.41, 5.74) is 0.965. The number of hydrogen-bond acceptors (Lipinski definition) is 4. The molecule has 0 aliphatic carbocycles. The number of piperidine rings is 1. The first-order valence-electron chi connectivity index (χ1n) is 9.38. The van der Waals surface area contributed by atoms with E-state index in [2.05, 4.69) is 29.0 Å². The van der Waals surface area contributed by atoms with Crippen LogP contribution in [0.2, 0.25) is 0 Å². The van der Waals surface area contributed by atoms with Crippen molar-refractivity contribution in [1.29, 1.82) is 0 Å². The van der Waals surface area contributed by atoms with Crippen molar-refractivity contribution >= 4 is 28.5 Å². The number of ether oxygens (including phenoxy) is 1. The topological polar surface area (TPSA) is 74.4 Å². The van der Waals surface area contributed by atoms with Crippen molar-refractivity contribution in [1.82, 2.24) is 9.88 Å². The highest BCUT2D eigenvalue weighted by molar-refractivity contribution is 6.11. The van der Waals surface area contributed by atoms with Crippen LogP contribution in [0.4, 0.5) is 10.1 Å². The number of benzene rings is 1. The van der Waals surface area contributed by atoms with Crippen LogP contribution in [0.15, 0.2) is 18.2 Å². The summed E-state index contributed by atoms with van der Waals surface area (Å²) in [7, 11) is 0. The molecule has 0 saturated carbocycles. The monoisotopic (exact) mass is 375 g/mol. The first-order valence-corrected chi connectivity index (χ1v) is 9.38. The van der Waals surface area contributed by atoms with Crippen LogP contribution >= 0.6 is 0 Å². The molecule has 2 aromatic rings. The molecule has 27 heavy (non-hydrogen) atoms. The molecule has 1 aromatic heterocycles. The molecule has 146 valence electrons. The van der Waals surface area contributed by atoms with Gasteiger partial charge in [0.15, 0.2) is 0 Å². The van der Waals surface area contributed by atoms with Crippen LogP contribution in [0.5, 0.6) is 0 Å². The lowest BCUT2D eigenvalue weighted by molar-refractivity contribution is -0.117. The lowest BCUT2D eigenvalue weighted by Crippen LogP contribution is -2.42. The van der Waals surface area contributed by atoms with Gasteiger partial charge in [-0.15, -0.1) is 0 Å². The summed E-state index contributed by atoms with van der Waals surface area (Å²) in [6.45, 7) is 8.25. The van der Waals surface area contributed by atoms with E-state index >= 15 is 0 Å². The number of aromatic nitrogens is 1. The number of H-pyrrole nitrogens is 1. The summed E-state index contributed by atoms with van der Waals surface area (Å²) >= 11 is 0. The second-order valence-corrected chi connectivity index (χ2v) is 7.47. The van der Waals surface area contributed by atoms with Gasteiger partial charge in [-0.1, -0.05) is 13.8 Å². The van der Waals surface area contributed by atoms with Crippen LogP contribution in [-0.2, 0) is 9.53 Å². The summed E-state index contributed by atoms with van der Waals surface area (Å²) in [5, 5.41) is 3.25. The number of carbonyl (C=O) groups excluding carboxylic acids is 2. The van der Waals surface area contributed by atoms with Gasteiger partial charge >= 0.3 is 5.97 Å². The zero-order valence-corrected chi connectivity index (χ0v) is 16.0. The number of likely N-dealkylation sites (tertiary alicyclic amines) is 1. The van der Waals surface area contributed by atoms with Crippen LogP contribution in [0.3, 0.4) is 0 Å². The lowest BCUT2D eigenvalue weighted by Gasteiger charge is -2.34. The van der Waals surface area contributed by atoms with Gasteiger partial charge < -0.3 is 15.0 Å². The first kappa shape index (κ1) is 19.4. The van der Waals surface area contributed by atoms with E-state index in [9.17, 15) is 14.0 Å². The molecule has 3 rings (SSSR count). The quantitative estimate of drug-likeness (QED) is 0.786. The van der Waals surface area contributed by atoms with Gasteiger partial charge in [0.25, 0.3) is 0 Å². The third-order valence-electron chi connectivity index (χ3n) is 4.82. The van der Waals surface area contributed by atoms with Crippen molar-refractivity contribution in [3.63, 3.8) is 0 Å². The van der Waals surface area contributed by atoms with Gasteiger partial charge in [-0.2, -0.15) is 0 Å². The molecule has 1 amide bonds. The van der Waals surface area contributed by atoms with Gasteiger partial charge in [-0.25, -0.2) is 9.18 Å². The Labute approximate surface area is 158 Å². The molecule has 0 bridgehead atoms. The summed E-state index contributed by atoms with van der Waals surface area (Å²) in [4.78, 5) is 30.0. The van der Waals surface area contributed by atoms with Crippen molar-refractivity contribution in [2.24, 2.45) is 11.8 Å². The average Bonchev–Trinajstić information content (AvgIpc) is 2.92. The summed E-state index contributed by atoms with van der Waals surface area (Å²) in [6.07, 6.45) is 1.16. The van der Waals surface area contributed by atoms with E-state index in [-0.39, 0.29) is 30.4 Å². The van der Waals surface area contributed by atoms with E-state index in [1.807, 2.05) is 0 Å². The van der Waals surface area contributed by atoms with Crippen molar-refractivity contribution < 1.29 is 18.7 Å². The van der Waals surface area contributed by atoms with Crippen LogP contribution in [0, 0.1) is 17.7 Å². The summed E-state index contributed by atoms with van der Waals surface area (Å²) in [5.74, 6) is -0.166. The third-order valence-corrected chi connectivity index (χ3v) is 4.82. The molecule has 0 radical (unpaired) electrons. The molecule has 1 aliphatic rings. The van der Waals surface area contributed by atoms with Crippen molar-refractivity contribution in [2.45, 2.75) is 27.2 Å². The Morgan fingerprint density at radius 2 is 2.00 bits per heavy atom. The Kier molecular flexibility index (Phi) is 5.79. The Hall–Kier alpha value is -2.41. The maximum absolute atomic E-state index is 13.7. The summed E-state index contributed by atoms with van der Waals surface area (Å²) < 4.78 is 18.8. The molecular formula is C20H26FN3O3. The molecule has 1 aliphatic heterocycles. The van der Waals surface area contributed by atoms with E-state index in [0.717, 1.165) is 19.5 Å². The van der Waals surface area contributed by atoms with Crippen molar-refractivity contribution in [2.75, 3.05) is 31.6 Å². The van der Waals surface area contributed by atoms with Crippen LogP contribution < -0.4 is 5.32 Å². The van der Waals surface area contributed by atoms with Crippen molar-refractivity contribution in [3.8, 4) is 0 Å². The molecule has 2 heterocycles. The number of fused-ring (bicyclic) bond motifs is 1. The van der Waals surface area contributed by atoms with Crippen molar-refractivity contribution in [3.05, 3.63) is 29.7 Å². The molecule has 1 fully saturated rings. The predicted octanol–water partition coefficient (Wildman–Crippen LogP) is 3.40. The van der Waals surface area contributed by atoms with Crippen LogP contribution in [0.25, 0.3) is 10.9 Å². The number of anilines is 1. The van der Waals surface area contributed by atoms with Gasteiger partial charge in [-0.3, -0.25) is 9.69 Å². The van der Waals surface area contributed by atoms with Gasteiger partial charge in [0.2, 0.25) is 5.91 Å². The number of hydrogen-bond donors (Lipinski definition) is 2. The molecule has 0 unspecified atom stereocenters. The standard InChI is InChI=1S/C20H26FN3O3/c1-4-27-20(26)19-18(15-8-14(21)5-6-16(15)22-19)23-17(25)11-24-9-12(2)7-13(3)10-24/h5-6,8,12-13,22H,4,7,9-11H2,1-3H3,(H,23,25)/t12-,13-/m1/s1. The fourth-order valence-electron chi connectivity index (χ4n) is 3.95. The Morgan fingerprint density at radius 1 is 1.30 bits per heavy atom. The van der Waals surface area contributed by atoms with Gasteiger partial charge in [0.1, 0.15) is 11.5 Å². The minimum atomic E-state index is -0.579. The lowest BCUT2D eigenvalue weighted by atomic mass is 9.92. The van der Waals surface area contributed by atoms with Gasteiger partial charge in [0.05, 0.1) is 18.8 Å². The zero-order valence-electron chi connectivity index (χ0n) is 16.0. The fraction of sp³-hybridized carbons (Fsp3) is 0.500. The number of halogens is 1. The largest absolute Gasteiger partial charge is 0.461 e. The second kappa shape index (κ2) is 8.08. The molecule has 0 spiro atoms. The first-order chi connectivity index (χ1) is 12.9. The molecule has 6 nitrogen and oxygen atoms in total. The van der Waals surface area contributed by atoms with E-state index in [4.69, 9.17) is 4.74 Å².